The highest BCUT2D eigenvalue weighted by molar-refractivity contribution is 7.89. The lowest BCUT2D eigenvalue weighted by atomic mass is 10.5. The fourth-order valence-electron chi connectivity index (χ4n) is 0.790. The summed E-state index contributed by atoms with van der Waals surface area (Å²) in [5.74, 6) is 0.108. The van der Waals surface area contributed by atoms with Gasteiger partial charge in [0.1, 0.15) is 0 Å². The van der Waals surface area contributed by atoms with Crippen molar-refractivity contribution in [3.63, 3.8) is 0 Å². The number of methoxy groups -OCH3 is 1. The molecule has 0 aromatic heterocycles. The molecule has 0 fully saturated rings. The molecule has 0 aliphatic rings. The number of ether oxygens (including phenoxy) is 1. The van der Waals surface area contributed by atoms with E-state index in [0.717, 1.165) is 0 Å². The van der Waals surface area contributed by atoms with E-state index in [1.54, 1.807) is 7.11 Å². The molecule has 0 rings (SSSR count). The van der Waals surface area contributed by atoms with Crippen molar-refractivity contribution in [2.45, 2.75) is 12.8 Å². The van der Waals surface area contributed by atoms with E-state index in [-0.39, 0.29) is 5.75 Å². The topological polar surface area (TPSA) is 81.4 Å². The highest BCUT2D eigenvalue weighted by Gasteiger charge is 2.07. The molecular weight excluding hydrogens is 192 g/mol. The van der Waals surface area contributed by atoms with Gasteiger partial charge in [0.2, 0.25) is 10.0 Å². The Hall–Kier alpha value is -0.170. The van der Waals surface area contributed by atoms with E-state index >= 15 is 0 Å². The molecule has 80 valence electrons. The Bertz CT molecular complexity index is 204. The number of sulfonamides is 1. The maximum Gasteiger partial charge on any atom is 0.211 e. The molecule has 0 aromatic carbocycles. The zero-order chi connectivity index (χ0) is 10.2. The van der Waals surface area contributed by atoms with Crippen LogP contribution in [0.4, 0.5) is 0 Å². The summed E-state index contributed by atoms with van der Waals surface area (Å²) in [5, 5.41) is 0. The first-order valence-electron chi connectivity index (χ1n) is 4.28. The number of hydrogen-bond donors (Lipinski definition) is 2. The first kappa shape index (κ1) is 12.8. The summed E-state index contributed by atoms with van der Waals surface area (Å²) in [6.07, 6.45) is 1.19. The molecule has 0 atom stereocenters. The van der Waals surface area contributed by atoms with Crippen molar-refractivity contribution in [2.75, 3.05) is 32.6 Å². The second kappa shape index (κ2) is 7.25. The molecule has 6 heteroatoms. The molecular formula is C7H18N2O3S. The SMILES string of the molecule is COCCCNS(=O)(=O)CCCN. The third-order valence-electron chi connectivity index (χ3n) is 1.46. The van der Waals surface area contributed by atoms with Crippen LogP contribution in [-0.2, 0) is 14.8 Å². The molecule has 0 aromatic rings. The largest absolute Gasteiger partial charge is 0.385 e. The fourth-order valence-corrected chi connectivity index (χ4v) is 1.94. The molecule has 0 spiro atoms. The molecule has 0 amide bonds. The van der Waals surface area contributed by atoms with E-state index in [4.69, 9.17) is 10.5 Å². The van der Waals surface area contributed by atoms with Crippen LogP contribution in [0.5, 0.6) is 0 Å². The second-order valence-electron chi connectivity index (χ2n) is 2.70. The molecule has 0 saturated heterocycles. The third kappa shape index (κ3) is 8.17. The zero-order valence-electron chi connectivity index (χ0n) is 7.95. The van der Waals surface area contributed by atoms with Gasteiger partial charge in [-0.25, -0.2) is 13.1 Å². The van der Waals surface area contributed by atoms with Gasteiger partial charge in [-0.2, -0.15) is 0 Å². The van der Waals surface area contributed by atoms with Gasteiger partial charge in [-0.15, -0.1) is 0 Å². The van der Waals surface area contributed by atoms with Crippen molar-refractivity contribution in [3.05, 3.63) is 0 Å². The van der Waals surface area contributed by atoms with E-state index in [2.05, 4.69) is 4.72 Å². The Kier molecular flexibility index (Phi) is 7.16. The van der Waals surface area contributed by atoms with E-state index in [1.807, 2.05) is 0 Å². The van der Waals surface area contributed by atoms with E-state index in [1.165, 1.54) is 0 Å². The zero-order valence-corrected chi connectivity index (χ0v) is 8.77. The van der Waals surface area contributed by atoms with Crippen molar-refractivity contribution in [2.24, 2.45) is 5.73 Å². The Morgan fingerprint density at radius 3 is 2.62 bits per heavy atom. The Labute approximate surface area is 79.7 Å². The molecule has 3 N–H and O–H groups in total. The summed E-state index contributed by atoms with van der Waals surface area (Å²) < 4.78 is 29.5. The highest BCUT2D eigenvalue weighted by Crippen LogP contribution is 1.88. The predicted octanol–water partition coefficient (Wildman–Crippen LogP) is -0.709. The van der Waals surface area contributed by atoms with Gasteiger partial charge in [0.15, 0.2) is 0 Å². The summed E-state index contributed by atoms with van der Waals surface area (Å²) in [6.45, 7) is 1.40. The van der Waals surface area contributed by atoms with Gasteiger partial charge in [-0.1, -0.05) is 0 Å². The van der Waals surface area contributed by atoms with E-state index in [0.29, 0.717) is 32.5 Å². The summed E-state index contributed by atoms with van der Waals surface area (Å²) in [7, 11) is -1.52. The minimum absolute atomic E-state index is 0.108. The van der Waals surface area contributed by atoms with Gasteiger partial charge in [0.25, 0.3) is 0 Å². The molecule has 0 aliphatic carbocycles. The number of rotatable bonds is 8. The van der Waals surface area contributed by atoms with Crippen LogP contribution in [0, 0.1) is 0 Å². The van der Waals surface area contributed by atoms with Crippen LogP contribution in [-0.4, -0.2) is 41.0 Å². The van der Waals surface area contributed by atoms with Crippen LogP contribution in [0.3, 0.4) is 0 Å². The lowest BCUT2D eigenvalue weighted by Gasteiger charge is -2.04. The van der Waals surface area contributed by atoms with Crippen LogP contribution >= 0.6 is 0 Å². The molecule has 0 radical (unpaired) electrons. The minimum Gasteiger partial charge on any atom is -0.385 e. The Balaban J connectivity index is 3.52. The quantitative estimate of drug-likeness (QED) is 0.519. The van der Waals surface area contributed by atoms with Gasteiger partial charge in [0.05, 0.1) is 5.75 Å². The average Bonchev–Trinajstić information content (AvgIpc) is 2.09. The minimum atomic E-state index is -3.11. The predicted molar refractivity (Wildman–Crippen MR) is 52.0 cm³/mol. The number of hydrogen-bond acceptors (Lipinski definition) is 4. The summed E-state index contributed by atoms with van der Waals surface area (Å²) >= 11 is 0. The average molecular weight is 210 g/mol. The van der Waals surface area contributed by atoms with Crippen LogP contribution < -0.4 is 10.5 Å². The highest BCUT2D eigenvalue weighted by atomic mass is 32.2. The molecule has 0 bridgehead atoms. The van der Waals surface area contributed by atoms with Gasteiger partial charge < -0.3 is 10.5 Å². The lowest BCUT2D eigenvalue weighted by Crippen LogP contribution is -2.28. The maximum atomic E-state index is 11.1. The van der Waals surface area contributed by atoms with Crippen molar-refractivity contribution >= 4 is 10.0 Å². The normalized spacial score (nSPS) is 11.8. The fraction of sp³-hybridized carbons (Fsp3) is 1.00. The summed E-state index contributed by atoms with van der Waals surface area (Å²) in [4.78, 5) is 0. The monoisotopic (exact) mass is 210 g/mol. The van der Waals surface area contributed by atoms with Crippen LogP contribution in [0.15, 0.2) is 0 Å². The molecule has 0 saturated carbocycles. The summed E-state index contributed by atoms with van der Waals surface area (Å²) in [6, 6.07) is 0. The van der Waals surface area contributed by atoms with Crippen molar-refractivity contribution in [1.29, 1.82) is 0 Å². The van der Waals surface area contributed by atoms with Gasteiger partial charge in [0, 0.05) is 20.3 Å². The number of nitrogens with one attached hydrogen (secondary N) is 1. The molecule has 0 aliphatic heterocycles. The van der Waals surface area contributed by atoms with E-state index < -0.39 is 10.0 Å². The standard InChI is InChI=1S/C7H18N2O3S/c1-12-6-3-5-9-13(10,11)7-2-4-8/h9H,2-8H2,1H3. The number of nitrogens with two attached hydrogens (primary N) is 1. The molecule has 0 heterocycles. The lowest BCUT2D eigenvalue weighted by molar-refractivity contribution is 0.196. The van der Waals surface area contributed by atoms with E-state index in [9.17, 15) is 8.42 Å². The van der Waals surface area contributed by atoms with Crippen LogP contribution in [0.25, 0.3) is 0 Å². The Morgan fingerprint density at radius 1 is 1.38 bits per heavy atom. The first-order chi connectivity index (χ1) is 6.12. The maximum absolute atomic E-state index is 11.1. The van der Waals surface area contributed by atoms with Crippen LogP contribution in [0.2, 0.25) is 0 Å². The van der Waals surface area contributed by atoms with Gasteiger partial charge >= 0.3 is 0 Å². The second-order valence-corrected chi connectivity index (χ2v) is 4.63. The van der Waals surface area contributed by atoms with Crippen molar-refractivity contribution < 1.29 is 13.2 Å². The van der Waals surface area contributed by atoms with Crippen molar-refractivity contribution in [1.82, 2.24) is 4.72 Å². The Morgan fingerprint density at radius 2 is 2.08 bits per heavy atom. The molecule has 0 unspecified atom stereocenters. The third-order valence-corrected chi connectivity index (χ3v) is 2.93. The molecule has 5 nitrogen and oxygen atoms in total. The van der Waals surface area contributed by atoms with Gasteiger partial charge in [-0.05, 0) is 19.4 Å². The smallest absolute Gasteiger partial charge is 0.211 e. The van der Waals surface area contributed by atoms with Crippen LogP contribution in [0.1, 0.15) is 12.8 Å². The van der Waals surface area contributed by atoms with Crippen molar-refractivity contribution in [3.8, 4) is 0 Å². The summed E-state index contributed by atoms with van der Waals surface area (Å²) in [5.41, 5.74) is 5.20. The van der Waals surface area contributed by atoms with Gasteiger partial charge in [-0.3, -0.25) is 0 Å². The molecule has 13 heavy (non-hydrogen) atoms. The first-order valence-corrected chi connectivity index (χ1v) is 5.94.